The quantitative estimate of drug-likeness (QED) is 0.585. The average molecular weight is 169 g/mol. The van der Waals surface area contributed by atoms with E-state index in [-0.39, 0.29) is 0 Å². The molecule has 0 radical (unpaired) electrons. The van der Waals surface area contributed by atoms with Crippen LogP contribution in [-0.4, -0.2) is 25.0 Å². The number of rotatable bonds is 4. The zero-order valence-electron chi connectivity index (χ0n) is 9.17. The van der Waals surface area contributed by atoms with Crippen LogP contribution in [0.5, 0.6) is 0 Å². The van der Waals surface area contributed by atoms with Crippen LogP contribution in [0.3, 0.4) is 0 Å². The van der Waals surface area contributed by atoms with Gasteiger partial charge in [0.15, 0.2) is 0 Å². The molecular formula is C11H23N. The molecule has 0 heterocycles. The molecule has 0 aromatic carbocycles. The molecule has 0 saturated carbocycles. The van der Waals surface area contributed by atoms with Gasteiger partial charge in [0.05, 0.1) is 0 Å². The van der Waals surface area contributed by atoms with Crippen molar-refractivity contribution in [3.8, 4) is 0 Å². The first-order valence-corrected chi connectivity index (χ1v) is 4.55. The minimum Gasteiger partial charge on any atom is -0.302 e. The fraction of sp³-hybridized carbons (Fsp3) is 0.636. The van der Waals surface area contributed by atoms with Crippen LogP contribution in [0.15, 0.2) is 25.3 Å². The number of likely N-dealkylation sites (N-methyl/N-ethyl adjacent to an activating group) is 1. The molecular weight excluding hydrogens is 146 g/mol. The molecule has 2 atom stereocenters. The van der Waals surface area contributed by atoms with Crippen LogP contribution in [0.25, 0.3) is 0 Å². The lowest BCUT2D eigenvalue weighted by molar-refractivity contribution is 0.297. The van der Waals surface area contributed by atoms with Gasteiger partial charge in [-0.15, -0.1) is 13.2 Å². The zero-order chi connectivity index (χ0) is 10.1. The smallest absolute Gasteiger partial charge is 0.0329 e. The highest BCUT2D eigenvalue weighted by Crippen LogP contribution is 2.09. The van der Waals surface area contributed by atoms with Crippen molar-refractivity contribution in [3.05, 3.63) is 25.3 Å². The van der Waals surface area contributed by atoms with Crippen LogP contribution >= 0.6 is 0 Å². The van der Waals surface area contributed by atoms with E-state index in [1.54, 1.807) is 0 Å². The monoisotopic (exact) mass is 169 g/mol. The molecule has 0 fully saturated rings. The van der Waals surface area contributed by atoms with Gasteiger partial charge in [0, 0.05) is 6.04 Å². The van der Waals surface area contributed by atoms with Crippen molar-refractivity contribution in [3.63, 3.8) is 0 Å². The first kappa shape index (κ1) is 14.0. The van der Waals surface area contributed by atoms with Gasteiger partial charge in [-0.05, 0) is 20.0 Å². The summed E-state index contributed by atoms with van der Waals surface area (Å²) in [7, 11) is 4.10. The summed E-state index contributed by atoms with van der Waals surface area (Å²) in [6.07, 6.45) is 3.90. The summed E-state index contributed by atoms with van der Waals surface area (Å²) >= 11 is 0. The van der Waals surface area contributed by atoms with E-state index in [2.05, 4.69) is 25.0 Å². The minimum atomic E-state index is 0.414. The molecule has 2 unspecified atom stereocenters. The van der Waals surface area contributed by atoms with Crippen molar-refractivity contribution < 1.29 is 0 Å². The Morgan fingerprint density at radius 2 is 1.50 bits per heavy atom. The highest BCUT2D eigenvalue weighted by molar-refractivity contribution is 4.95. The van der Waals surface area contributed by atoms with E-state index in [0.29, 0.717) is 12.0 Å². The molecule has 72 valence electrons. The van der Waals surface area contributed by atoms with E-state index < -0.39 is 0 Å². The molecule has 0 aliphatic rings. The van der Waals surface area contributed by atoms with Crippen molar-refractivity contribution >= 4 is 0 Å². The third-order valence-electron chi connectivity index (χ3n) is 1.75. The van der Waals surface area contributed by atoms with Gasteiger partial charge in [0.25, 0.3) is 0 Å². The molecule has 0 aliphatic carbocycles. The lowest BCUT2D eigenvalue weighted by atomic mass is 10.0. The fourth-order valence-electron chi connectivity index (χ4n) is 1.04. The van der Waals surface area contributed by atoms with Gasteiger partial charge in [0.2, 0.25) is 0 Å². The van der Waals surface area contributed by atoms with Crippen molar-refractivity contribution in [2.24, 2.45) is 5.92 Å². The fourth-order valence-corrected chi connectivity index (χ4v) is 1.04. The lowest BCUT2D eigenvalue weighted by Crippen LogP contribution is -2.30. The van der Waals surface area contributed by atoms with Gasteiger partial charge in [-0.25, -0.2) is 0 Å². The van der Waals surface area contributed by atoms with Crippen LogP contribution in [0.4, 0.5) is 0 Å². The lowest BCUT2D eigenvalue weighted by Gasteiger charge is -2.24. The Labute approximate surface area is 77.8 Å². The van der Waals surface area contributed by atoms with E-state index in [0.717, 1.165) is 0 Å². The zero-order valence-corrected chi connectivity index (χ0v) is 9.17. The topological polar surface area (TPSA) is 3.24 Å². The second kappa shape index (κ2) is 8.54. The van der Waals surface area contributed by atoms with Gasteiger partial charge in [-0.2, -0.15) is 0 Å². The molecule has 0 aromatic rings. The van der Waals surface area contributed by atoms with Crippen molar-refractivity contribution in [2.75, 3.05) is 14.1 Å². The van der Waals surface area contributed by atoms with Crippen molar-refractivity contribution in [2.45, 2.75) is 26.8 Å². The molecule has 1 nitrogen and oxygen atoms in total. The Morgan fingerprint density at radius 3 is 1.58 bits per heavy atom. The van der Waals surface area contributed by atoms with Crippen LogP contribution in [0, 0.1) is 5.92 Å². The highest BCUT2D eigenvalue weighted by Gasteiger charge is 2.11. The summed E-state index contributed by atoms with van der Waals surface area (Å²) in [6.45, 7) is 13.6. The van der Waals surface area contributed by atoms with E-state index in [4.69, 9.17) is 0 Å². The highest BCUT2D eigenvalue weighted by atomic mass is 15.1. The number of hydrogen-bond acceptors (Lipinski definition) is 1. The van der Waals surface area contributed by atoms with E-state index >= 15 is 0 Å². The third kappa shape index (κ3) is 5.14. The van der Waals surface area contributed by atoms with Crippen molar-refractivity contribution in [1.29, 1.82) is 0 Å². The normalized spacial score (nSPS) is 14.2. The molecule has 0 aliphatic heterocycles. The predicted molar refractivity (Wildman–Crippen MR) is 58.4 cm³/mol. The van der Waals surface area contributed by atoms with Gasteiger partial charge in [-0.1, -0.05) is 32.9 Å². The van der Waals surface area contributed by atoms with Gasteiger partial charge in [-0.3, -0.25) is 0 Å². The first-order valence-electron chi connectivity index (χ1n) is 4.55. The van der Waals surface area contributed by atoms with Crippen molar-refractivity contribution in [1.82, 2.24) is 4.90 Å². The Kier molecular flexibility index (Phi) is 9.95. The average Bonchev–Trinajstić information content (AvgIpc) is 2.08. The van der Waals surface area contributed by atoms with Gasteiger partial charge >= 0.3 is 0 Å². The number of hydrogen-bond donors (Lipinski definition) is 0. The van der Waals surface area contributed by atoms with E-state index in [1.165, 1.54) is 0 Å². The van der Waals surface area contributed by atoms with E-state index in [9.17, 15) is 0 Å². The predicted octanol–water partition coefficient (Wildman–Crippen LogP) is 2.95. The maximum Gasteiger partial charge on any atom is 0.0329 e. The molecule has 0 rings (SSSR count). The third-order valence-corrected chi connectivity index (χ3v) is 1.75. The number of nitrogens with zero attached hydrogens (tertiary/aromatic N) is 1. The summed E-state index contributed by atoms with van der Waals surface area (Å²) < 4.78 is 0. The Hall–Kier alpha value is -0.560. The molecule has 0 aromatic heterocycles. The van der Waals surface area contributed by atoms with Gasteiger partial charge < -0.3 is 4.90 Å². The molecule has 0 saturated heterocycles. The van der Waals surface area contributed by atoms with E-state index in [1.807, 2.05) is 40.1 Å². The first-order chi connectivity index (χ1) is 5.63. The molecule has 0 amide bonds. The summed E-state index contributed by atoms with van der Waals surface area (Å²) in [5.74, 6) is 0.479. The standard InChI is InChI=1S/C9H17N.C2H6/c1-6-8(3)9(7-2)10(4)5;1-2/h6-9H,1-2H2,3-5H3;1-2H3. The molecule has 0 spiro atoms. The largest absolute Gasteiger partial charge is 0.302 e. The molecule has 1 heteroatoms. The summed E-state index contributed by atoms with van der Waals surface area (Å²) in [6, 6.07) is 0.414. The Balaban J connectivity index is 0. The summed E-state index contributed by atoms with van der Waals surface area (Å²) in [5.41, 5.74) is 0. The second-order valence-electron chi connectivity index (χ2n) is 2.78. The second-order valence-corrected chi connectivity index (χ2v) is 2.78. The van der Waals surface area contributed by atoms with Crippen LogP contribution in [0.1, 0.15) is 20.8 Å². The maximum absolute atomic E-state index is 3.76. The maximum atomic E-state index is 3.76. The van der Waals surface area contributed by atoms with Crippen LogP contribution in [0.2, 0.25) is 0 Å². The minimum absolute atomic E-state index is 0.414. The summed E-state index contributed by atoms with van der Waals surface area (Å²) in [4.78, 5) is 2.14. The molecule has 12 heavy (non-hydrogen) atoms. The van der Waals surface area contributed by atoms with Crippen LogP contribution in [-0.2, 0) is 0 Å². The molecule has 0 N–H and O–H groups in total. The van der Waals surface area contributed by atoms with Gasteiger partial charge in [0.1, 0.15) is 0 Å². The molecule has 0 bridgehead atoms. The Morgan fingerprint density at radius 1 is 1.08 bits per heavy atom. The van der Waals surface area contributed by atoms with Crippen LogP contribution < -0.4 is 0 Å². The summed E-state index contributed by atoms with van der Waals surface area (Å²) in [5, 5.41) is 0. The SMILES string of the molecule is C=CC(C)C(C=C)N(C)C.CC. The Bertz CT molecular complexity index is 116.